The lowest BCUT2D eigenvalue weighted by atomic mass is 9.95. The van der Waals surface area contributed by atoms with Crippen molar-refractivity contribution in [1.82, 2.24) is 20.2 Å². The maximum Gasteiger partial charge on any atom is 0.224 e. The molecule has 2 aliphatic rings. The normalized spacial score (nSPS) is 20.2. The Morgan fingerprint density at radius 3 is 3.12 bits per heavy atom. The van der Waals surface area contributed by atoms with Crippen LogP contribution in [0.25, 0.3) is 0 Å². The quantitative estimate of drug-likeness (QED) is 0.767. The fourth-order valence-corrected chi connectivity index (χ4v) is 3.61. The topological polar surface area (TPSA) is 90.0 Å². The summed E-state index contributed by atoms with van der Waals surface area (Å²) in [6.45, 7) is 2.26. The summed E-state index contributed by atoms with van der Waals surface area (Å²) in [7, 11) is 0. The van der Waals surface area contributed by atoms with E-state index in [1.54, 1.807) is 6.20 Å². The van der Waals surface area contributed by atoms with Gasteiger partial charge >= 0.3 is 0 Å². The smallest absolute Gasteiger partial charge is 0.224 e. The van der Waals surface area contributed by atoms with Gasteiger partial charge in [0.25, 0.3) is 0 Å². The van der Waals surface area contributed by atoms with Gasteiger partial charge in [-0.2, -0.15) is 10.1 Å². The van der Waals surface area contributed by atoms with E-state index >= 15 is 0 Å². The predicted molar refractivity (Wildman–Crippen MR) is 92.3 cm³/mol. The van der Waals surface area contributed by atoms with Crippen molar-refractivity contribution in [2.45, 2.75) is 44.6 Å². The van der Waals surface area contributed by atoms with Crippen LogP contribution in [0.3, 0.4) is 0 Å². The number of aliphatic hydroxyl groups excluding tert-OH is 1. The average molecular weight is 328 g/mol. The van der Waals surface area contributed by atoms with Crippen LogP contribution >= 0.6 is 0 Å². The molecule has 1 atom stereocenters. The van der Waals surface area contributed by atoms with Crippen LogP contribution in [0.15, 0.2) is 12.3 Å². The number of H-pyrrole nitrogens is 1. The summed E-state index contributed by atoms with van der Waals surface area (Å²) < 4.78 is 0. The van der Waals surface area contributed by atoms with Gasteiger partial charge in [-0.15, -0.1) is 0 Å². The van der Waals surface area contributed by atoms with Crippen LogP contribution in [0.4, 0.5) is 11.8 Å². The first-order chi connectivity index (χ1) is 11.8. The number of nitrogens with one attached hydrogen (secondary N) is 2. The van der Waals surface area contributed by atoms with Gasteiger partial charge in [-0.25, -0.2) is 4.98 Å². The van der Waals surface area contributed by atoms with E-state index in [1.165, 1.54) is 29.8 Å². The van der Waals surface area contributed by atoms with E-state index in [0.717, 1.165) is 44.6 Å². The minimum Gasteiger partial charge on any atom is -0.391 e. The number of hydrogen-bond donors (Lipinski definition) is 3. The first kappa shape index (κ1) is 15.4. The van der Waals surface area contributed by atoms with Crippen molar-refractivity contribution in [3.8, 4) is 0 Å². The van der Waals surface area contributed by atoms with E-state index in [-0.39, 0.29) is 6.10 Å². The van der Waals surface area contributed by atoms with Crippen molar-refractivity contribution in [3.63, 3.8) is 0 Å². The van der Waals surface area contributed by atoms with Crippen molar-refractivity contribution in [2.24, 2.45) is 0 Å². The van der Waals surface area contributed by atoms with Gasteiger partial charge < -0.3 is 15.3 Å². The number of aromatic amines is 1. The summed E-state index contributed by atoms with van der Waals surface area (Å²) in [5.41, 5.74) is 3.92. The van der Waals surface area contributed by atoms with Crippen LogP contribution in [0.1, 0.15) is 36.2 Å². The molecule has 0 unspecified atom stereocenters. The second-order valence-corrected chi connectivity index (χ2v) is 6.64. The van der Waals surface area contributed by atoms with Crippen LogP contribution in [0.2, 0.25) is 0 Å². The number of nitrogens with zero attached hydrogens (tertiary/aromatic N) is 4. The third kappa shape index (κ3) is 3.21. The number of aliphatic hydroxyl groups is 1. The Balaban J connectivity index is 1.35. The lowest BCUT2D eigenvalue weighted by molar-refractivity contribution is 0.198. The van der Waals surface area contributed by atoms with Gasteiger partial charge in [-0.1, -0.05) is 0 Å². The standard InChI is InChI=1S/C17H24N6O/c24-12-7-10-23(11-12)16-6-9-19-17(20-16)18-8-5-15-13-3-1-2-4-14(13)21-22-15/h6,9,12,24H,1-5,7-8,10-11H2,(H,21,22)(H,18,19,20)/t12-/m0/s1. The average Bonchev–Trinajstić information content (AvgIpc) is 3.22. The highest BCUT2D eigenvalue weighted by Crippen LogP contribution is 2.22. The lowest BCUT2D eigenvalue weighted by Crippen LogP contribution is -2.22. The Hall–Kier alpha value is -2.15. The number of aryl methyl sites for hydroxylation is 1. The number of aromatic nitrogens is 4. The molecule has 1 saturated heterocycles. The van der Waals surface area contributed by atoms with E-state index in [2.05, 4.69) is 30.4 Å². The molecule has 4 rings (SSSR count). The summed E-state index contributed by atoms with van der Waals surface area (Å²) in [6, 6.07) is 1.90. The number of hydrogen-bond acceptors (Lipinski definition) is 6. The molecule has 0 radical (unpaired) electrons. The van der Waals surface area contributed by atoms with Crippen LogP contribution in [-0.4, -0.2) is 51.0 Å². The molecule has 1 fully saturated rings. The Bertz CT molecular complexity index is 700. The Labute approximate surface area is 141 Å². The molecule has 1 aliphatic carbocycles. The number of fused-ring (bicyclic) bond motifs is 1. The highest BCUT2D eigenvalue weighted by atomic mass is 16.3. The Morgan fingerprint density at radius 2 is 2.25 bits per heavy atom. The monoisotopic (exact) mass is 328 g/mol. The SMILES string of the molecule is O[C@H]1CCN(c2ccnc(NCCc3n[nH]c4c3CCCC4)n2)C1. The van der Waals surface area contributed by atoms with Crippen LogP contribution < -0.4 is 10.2 Å². The zero-order valence-electron chi connectivity index (χ0n) is 13.8. The van der Waals surface area contributed by atoms with Crippen molar-refractivity contribution in [1.29, 1.82) is 0 Å². The van der Waals surface area contributed by atoms with Gasteiger partial charge in [0.15, 0.2) is 0 Å². The maximum absolute atomic E-state index is 9.66. The second kappa shape index (κ2) is 6.76. The molecule has 1 aliphatic heterocycles. The Kier molecular flexibility index (Phi) is 4.34. The molecule has 24 heavy (non-hydrogen) atoms. The zero-order chi connectivity index (χ0) is 16.4. The molecule has 128 valence electrons. The summed E-state index contributed by atoms with van der Waals surface area (Å²) >= 11 is 0. The molecule has 3 N–H and O–H groups in total. The highest BCUT2D eigenvalue weighted by Gasteiger charge is 2.21. The Morgan fingerprint density at radius 1 is 1.33 bits per heavy atom. The lowest BCUT2D eigenvalue weighted by Gasteiger charge is -2.17. The van der Waals surface area contributed by atoms with E-state index in [0.29, 0.717) is 12.5 Å². The predicted octanol–water partition coefficient (Wildman–Crippen LogP) is 1.30. The number of β-amino-alcohol motifs (C(OH)–C–C–N with tert-alkyl or cyclic N) is 1. The first-order valence-electron chi connectivity index (χ1n) is 8.84. The number of anilines is 2. The van der Waals surface area contributed by atoms with Gasteiger partial charge in [0.05, 0.1) is 11.8 Å². The molecule has 0 saturated carbocycles. The second-order valence-electron chi connectivity index (χ2n) is 6.64. The van der Waals surface area contributed by atoms with Crippen molar-refractivity contribution >= 4 is 11.8 Å². The van der Waals surface area contributed by atoms with Crippen molar-refractivity contribution < 1.29 is 5.11 Å². The van der Waals surface area contributed by atoms with E-state index in [4.69, 9.17) is 0 Å². The molecular weight excluding hydrogens is 304 g/mol. The minimum absolute atomic E-state index is 0.248. The van der Waals surface area contributed by atoms with Crippen LogP contribution in [-0.2, 0) is 19.3 Å². The molecule has 3 heterocycles. The first-order valence-corrected chi connectivity index (χ1v) is 8.84. The fraction of sp³-hybridized carbons (Fsp3) is 0.588. The maximum atomic E-state index is 9.66. The molecule has 0 bridgehead atoms. The summed E-state index contributed by atoms with van der Waals surface area (Å²) in [5.74, 6) is 1.51. The molecule has 0 spiro atoms. The molecular formula is C17H24N6O. The summed E-state index contributed by atoms with van der Waals surface area (Å²) in [4.78, 5) is 11.0. The van der Waals surface area contributed by atoms with Gasteiger partial charge in [0.2, 0.25) is 5.95 Å². The van der Waals surface area contributed by atoms with Gasteiger partial charge in [-0.3, -0.25) is 5.10 Å². The third-order valence-electron chi connectivity index (χ3n) is 4.92. The van der Waals surface area contributed by atoms with Crippen LogP contribution in [0, 0.1) is 0 Å². The van der Waals surface area contributed by atoms with Crippen molar-refractivity contribution in [3.05, 3.63) is 29.2 Å². The van der Waals surface area contributed by atoms with Gasteiger partial charge in [0.1, 0.15) is 5.82 Å². The summed E-state index contributed by atoms with van der Waals surface area (Å²) in [6.07, 6.45) is 8.00. The molecule has 0 aromatic carbocycles. The largest absolute Gasteiger partial charge is 0.391 e. The van der Waals surface area contributed by atoms with E-state index in [9.17, 15) is 5.11 Å². The van der Waals surface area contributed by atoms with E-state index in [1.807, 2.05) is 6.07 Å². The molecule has 0 amide bonds. The number of rotatable bonds is 5. The minimum atomic E-state index is -0.248. The van der Waals surface area contributed by atoms with Gasteiger partial charge in [-0.05, 0) is 43.7 Å². The zero-order valence-corrected chi connectivity index (χ0v) is 13.8. The third-order valence-corrected chi connectivity index (χ3v) is 4.92. The molecule has 7 nitrogen and oxygen atoms in total. The molecule has 2 aromatic rings. The molecule has 2 aromatic heterocycles. The van der Waals surface area contributed by atoms with Crippen LogP contribution in [0.5, 0.6) is 0 Å². The highest BCUT2D eigenvalue weighted by molar-refractivity contribution is 5.43. The van der Waals surface area contributed by atoms with Gasteiger partial charge in [0, 0.05) is 37.9 Å². The fourth-order valence-electron chi connectivity index (χ4n) is 3.61. The van der Waals surface area contributed by atoms with E-state index < -0.39 is 0 Å². The molecule has 7 heteroatoms. The van der Waals surface area contributed by atoms with Crippen molar-refractivity contribution in [2.75, 3.05) is 29.9 Å². The summed E-state index contributed by atoms with van der Waals surface area (Å²) in [5, 5.41) is 20.6.